The van der Waals surface area contributed by atoms with E-state index in [1.54, 1.807) is 0 Å². The van der Waals surface area contributed by atoms with Crippen molar-refractivity contribution in [2.45, 2.75) is 96.8 Å². The van der Waals surface area contributed by atoms with Crippen LogP contribution in [-0.2, 0) is 21.7 Å². The molecule has 331 valence electrons. The first-order valence-electron chi connectivity index (χ1n) is 24.5. The highest BCUT2D eigenvalue weighted by molar-refractivity contribution is 7.27. The van der Waals surface area contributed by atoms with Gasteiger partial charge < -0.3 is 14.3 Å². The number of anilines is 2. The van der Waals surface area contributed by atoms with Gasteiger partial charge in [-0.3, -0.25) is 0 Å². The van der Waals surface area contributed by atoms with Gasteiger partial charge in [-0.15, -0.1) is 11.3 Å². The summed E-state index contributed by atoms with van der Waals surface area (Å²) in [5.74, 6) is 0. The molecule has 1 N–H and O–H groups in total. The van der Waals surface area contributed by atoms with Gasteiger partial charge in [0.05, 0.1) is 11.0 Å². The van der Waals surface area contributed by atoms with Crippen LogP contribution in [0.2, 0.25) is 0 Å². The number of nitrogens with one attached hydrogen (secondary N) is 1. The average Bonchev–Trinajstić information content (AvgIpc) is 4.04. The predicted molar refractivity (Wildman–Crippen MR) is 293 cm³/mol. The van der Waals surface area contributed by atoms with E-state index < -0.39 is 0 Å². The molecular weight excluding hydrogens is 844 g/mol. The largest absolute Gasteiger partial charge is 0.456 e. The van der Waals surface area contributed by atoms with Crippen molar-refractivity contribution in [3.63, 3.8) is 0 Å². The Bertz CT molecular complexity index is 4030. The van der Waals surface area contributed by atoms with Crippen LogP contribution in [0, 0.1) is 0 Å². The monoisotopic (exact) mass is 897 g/mol. The van der Waals surface area contributed by atoms with E-state index in [2.05, 4.69) is 213 Å². The predicted octanol–water partition coefficient (Wildman–Crippen LogP) is 16.4. The number of para-hydroxylation sites is 1. The number of benzene rings is 8. The van der Waals surface area contributed by atoms with Gasteiger partial charge >= 0.3 is 0 Å². The smallest absolute Gasteiger partial charge is 0.198 e. The Labute approximate surface area is 403 Å². The maximum Gasteiger partial charge on any atom is 0.198 e. The fraction of sp³-hybridized carbons (Fsp3) is 0.238. The van der Waals surface area contributed by atoms with Gasteiger partial charge in [0.15, 0.2) is 7.28 Å². The Kier molecular flexibility index (Phi) is 7.96. The van der Waals surface area contributed by atoms with E-state index in [-0.39, 0.29) is 21.7 Å². The Morgan fingerprint density at radius 2 is 1.31 bits per heavy atom. The van der Waals surface area contributed by atoms with Crippen LogP contribution in [-0.4, -0.2) is 11.8 Å². The molecule has 0 saturated heterocycles. The lowest BCUT2D eigenvalue weighted by Crippen LogP contribution is -2.37. The molecule has 68 heavy (non-hydrogen) atoms. The maximum atomic E-state index is 6.68. The van der Waals surface area contributed by atoms with Crippen LogP contribution in [0.25, 0.3) is 91.9 Å². The maximum absolute atomic E-state index is 6.68. The fourth-order valence-corrected chi connectivity index (χ4v) is 14.0. The summed E-state index contributed by atoms with van der Waals surface area (Å²) in [6, 6.07) is 50.8. The summed E-state index contributed by atoms with van der Waals surface area (Å²) < 4.78 is 12.0. The second kappa shape index (κ2) is 13.4. The van der Waals surface area contributed by atoms with Crippen molar-refractivity contribution in [3.05, 3.63) is 161 Å². The summed E-state index contributed by atoms with van der Waals surface area (Å²) in [7, 11) is 2.51. The first kappa shape index (κ1) is 40.5. The lowest BCUT2D eigenvalue weighted by Gasteiger charge is -2.42. The third-order valence-corrected chi connectivity index (χ3v) is 17.8. The number of hydrogen-bond acceptors (Lipinski definition) is 3. The molecule has 3 aliphatic rings. The van der Waals surface area contributed by atoms with Crippen LogP contribution in [0.1, 0.15) is 103 Å². The second-order valence-electron chi connectivity index (χ2n) is 23.0. The summed E-state index contributed by atoms with van der Waals surface area (Å²) in [5, 5.41) is 11.7. The van der Waals surface area contributed by atoms with Crippen LogP contribution < -0.4 is 16.2 Å². The van der Waals surface area contributed by atoms with E-state index in [1.165, 1.54) is 115 Å². The van der Waals surface area contributed by atoms with Crippen LogP contribution in [0.15, 0.2) is 138 Å². The van der Waals surface area contributed by atoms with Crippen LogP contribution in [0.5, 0.6) is 0 Å². The van der Waals surface area contributed by atoms with Gasteiger partial charge in [-0.25, -0.2) is 0 Å². The summed E-state index contributed by atoms with van der Waals surface area (Å²) in [4.78, 5) is 0. The summed E-state index contributed by atoms with van der Waals surface area (Å²) >= 11 is 1.96. The van der Waals surface area contributed by atoms with Crippen LogP contribution in [0.4, 0.5) is 11.4 Å². The molecule has 5 heteroatoms. The van der Waals surface area contributed by atoms with Gasteiger partial charge in [-0.1, -0.05) is 141 Å². The van der Waals surface area contributed by atoms with E-state index in [9.17, 15) is 0 Å². The normalized spacial score (nSPS) is 16.4. The molecule has 4 heterocycles. The van der Waals surface area contributed by atoms with Crippen molar-refractivity contribution < 1.29 is 4.42 Å². The van der Waals surface area contributed by atoms with Crippen molar-refractivity contribution >= 4 is 105 Å². The van der Waals surface area contributed by atoms with Crippen molar-refractivity contribution in [1.29, 1.82) is 0 Å². The fourth-order valence-electron chi connectivity index (χ4n) is 12.7. The minimum absolute atomic E-state index is 0.0468. The molecule has 1 radical (unpaired) electrons. The first-order chi connectivity index (χ1) is 32.6. The van der Waals surface area contributed by atoms with Crippen molar-refractivity contribution in [2.75, 3.05) is 5.32 Å². The van der Waals surface area contributed by atoms with Gasteiger partial charge in [0.1, 0.15) is 11.2 Å². The number of nitrogens with zero attached hydrogens (tertiary/aromatic N) is 1. The standard InChI is InChI=1S/C63H54BN2OS/c1-60(2,3)34-22-24-35(25-23-34)65-48-31-44-39(36-16-10-13-19-43(36)63(44,8)9)28-41(48)54-55-38-18-12-15-21-53(38)68-59(55)56-42-29-45-46(62(6,7)27-26-61(45,4)5)32-49(42)66-50-30-40-37-17-11-14-20-51(37)67-52(40)33-47(50)64-57(54)58(56)66/h10-25,28-33,65H,26-27H2,1-9H3. The van der Waals surface area contributed by atoms with Crippen molar-refractivity contribution in [1.82, 2.24) is 4.57 Å². The van der Waals surface area contributed by atoms with E-state index >= 15 is 0 Å². The van der Waals surface area contributed by atoms with Gasteiger partial charge in [0.25, 0.3) is 0 Å². The minimum Gasteiger partial charge on any atom is -0.456 e. The minimum atomic E-state index is -0.171. The number of fused-ring (bicyclic) bond motifs is 16. The molecule has 14 rings (SSSR count). The van der Waals surface area contributed by atoms with Gasteiger partial charge in [0.2, 0.25) is 0 Å². The molecule has 2 aliphatic carbocycles. The quantitative estimate of drug-likeness (QED) is 0.179. The van der Waals surface area contributed by atoms with E-state index in [0.29, 0.717) is 0 Å². The Balaban J connectivity index is 1.17. The highest BCUT2D eigenvalue weighted by atomic mass is 32.1. The number of rotatable bonds is 3. The molecule has 0 atom stereocenters. The first-order valence-corrected chi connectivity index (χ1v) is 25.4. The molecule has 3 aromatic heterocycles. The SMILES string of the molecule is CC(C)(C)c1ccc(Nc2cc3c(cc2-c2c4c5c(c6cc7c(cc6n5-c5cc6c(cc5[B]4)oc4ccccc46)C(C)(C)CCC7(C)C)c4sc5ccccc5c24)-c2ccccc2C3(C)C)cc1. The van der Waals surface area contributed by atoms with Gasteiger partial charge in [-0.2, -0.15) is 0 Å². The zero-order chi connectivity index (χ0) is 46.4. The molecule has 0 bridgehead atoms. The molecule has 1 aliphatic heterocycles. The molecular formula is C63H54BN2OS. The van der Waals surface area contributed by atoms with Crippen molar-refractivity contribution in [3.8, 4) is 27.9 Å². The second-order valence-corrected chi connectivity index (χ2v) is 24.1. The Hall–Kier alpha value is -6.56. The molecule has 0 spiro atoms. The Morgan fingerprint density at radius 3 is 2.09 bits per heavy atom. The highest BCUT2D eigenvalue weighted by Crippen LogP contribution is 2.56. The van der Waals surface area contributed by atoms with Gasteiger partial charge in [-0.05, 0) is 140 Å². The van der Waals surface area contributed by atoms with Crippen LogP contribution in [0.3, 0.4) is 0 Å². The van der Waals surface area contributed by atoms with Crippen molar-refractivity contribution in [2.24, 2.45) is 0 Å². The molecule has 0 saturated carbocycles. The number of thiophene rings is 1. The molecule has 3 nitrogen and oxygen atoms in total. The lowest BCUT2D eigenvalue weighted by molar-refractivity contribution is 0.332. The molecule has 11 aromatic rings. The highest BCUT2D eigenvalue weighted by Gasteiger charge is 2.41. The topological polar surface area (TPSA) is 30.1 Å². The summed E-state index contributed by atoms with van der Waals surface area (Å²) in [5.41, 5.74) is 22.4. The molecule has 0 amide bonds. The third kappa shape index (κ3) is 5.43. The summed E-state index contributed by atoms with van der Waals surface area (Å²) in [6.45, 7) is 21.5. The third-order valence-electron chi connectivity index (χ3n) is 16.6. The zero-order valence-electron chi connectivity index (χ0n) is 40.5. The molecule has 0 fully saturated rings. The zero-order valence-corrected chi connectivity index (χ0v) is 41.3. The summed E-state index contributed by atoms with van der Waals surface area (Å²) in [6.07, 6.45) is 2.33. The number of furan rings is 1. The van der Waals surface area contributed by atoms with Gasteiger partial charge in [0, 0.05) is 69.8 Å². The van der Waals surface area contributed by atoms with E-state index in [1.807, 2.05) is 11.3 Å². The molecule has 8 aromatic carbocycles. The number of hydrogen-bond donors (Lipinski definition) is 1. The number of aromatic nitrogens is 1. The molecule has 0 unspecified atom stereocenters. The lowest BCUT2D eigenvalue weighted by atomic mass is 9.58. The van der Waals surface area contributed by atoms with E-state index in [0.717, 1.165) is 39.7 Å². The van der Waals surface area contributed by atoms with Crippen LogP contribution >= 0.6 is 11.3 Å². The van der Waals surface area contributed by atoms with E-state index in [4.69, 9.17) is 4.42 Å². The average molecular weight is 898 g/mol. The Morgan fingerprint density at radius 1 is 0.603 bits per heavy atom.